The highest BCUT2D eigenvalue weighted by Gasteiger charge is 2.24. The van der Waals surface area contributed by atoms with Crippen LogP contribution in [0.2, 0.25) is 0 Å². The first-order valence-electron chi connectivity index (χ1n) is 6.29. The van der Waals surface area contributed by atoms with E-state index in [1.807, 2.05) is 19.9 Å². The van der Waals surface area contributed by atoms with Crippen LogP contribution in [-0.2, 0) is 11.2 Å². The molecule has 1 aliphatic carbocycles. The molecule has 0 radical (unpaired) electrons. The highest BCUT2D eigenvalue weighted by atomic mass is 16.1. The smallest absolute Gasteiger partial charge is 0.136 e. The first kappa shape index (κ1) is 12.0. The molecule has 2 rings (SSSR count). The van der Waals surface area contributed by atoms with E-state index in [-0.39, 0.29) is 5.92 Å². The van der Waals surface area contributed by atoms with E-state index in [1.165, 1.54) is 0 Å². The van der Waals surface area contributed by atoms with Crippen molar-refractivity contribution in [1.29, 1.82) is 0 Å². The van der Waals surface area contributed by atoms with Gasteiger partial charge in [-0.25, -0.2) is 0 Å². The van der Waals surface area contributed by atoms with Crippen LogP contribution in [0.1, 0.15) is 43.1 Å². The van der Waals surface area contributed by atoms with E-state index in [2.05, 4.69) is 17.6 Å². The highest BCUT2D eigenvalue weighted by molar-refractivity contribution is 5.82. The number of nitrogens with zero attached hydrogens (tertiary/aromatic N) is 1. The van der Waals surface area contributed by atoms with E-state index in [0.717, 1.165) is 41.8 Å². The minimum absolute atomic E-state index is 0.132. The molecule has 0 saturated heterocycles. The van der Waals surface area contributed by atoms with Crippen molar-refractivity contribution in [2.24, 2.45) is 5.92 Å². The van der Waals surface area contributed by atoms with E-state index in [4.69, 9.17) is 0 Å². The van der Waals surface area contributed by atoms with Gasteiger partial charge in [0.15, 0.2) is 0 Å². The second kappa shape index (κ2) is 4.82. The molecule has 1 heterocycles. The van der Waals surface area contributed by atoms with Gasteiger partial charge in [0, 0.05) is 23.7 Å². The maximum absolute atomic E-state index is 11.9. The molecule has 1 unspecified atom stereocenters. The van der Waals surface area contributed by atoms with Crippen LogP contribution >= 0.6 is 0 Å². The normalized spacial score (nSPS) is 19.6. The van der Waals surface area contributed by atoms with Crippen molar-refractivity contribution >= 4 is 11.4 Å². The molecule has 2 heteroatoms. The Labute approximate surface area is 103 Å². The molecule has 0 aromatic carbocycles. The van der Waals surface area contributed by atoms with Crippen molar-refractivity contribution in [3.8, 4) is 0 Å². The van der Waals surface area contributed by atoms with E-state index in [1.54, 1.807) is 0 Å². The van der Waals surface area contributed by atoms with Gasteiger partial charge >= 0.3 is 0 Å². The van der Waals surface area contributed by atoms with Crippen molar-refractivity contribution in [2.75, 3.05) is 0 Å². The fourth-order valence-corrected chi connectivity index (χ4v) is 2.47. The highest BCUT2D eigenvalue weighted by Crippen LogP contribution is 2.31. The Hall–Kier alpha value is -1.44. The number of ketones is 1. The Kier molecular flexibility index (Phi) is 3.41. The number of Topliss-reactive ketones (excluding diaryl/α,β-unsaturated/α-hetero) is 1. The zero-order valence-electron chi connectivity index (χ0n) is 10.6. The van der Waals surface area contributed by atoms with Gasteiger partial charge in [0.25, 0.3) is 0 Å². The summed E-state index contributed by atoms with van der Waals surface area (Å²) in [6.07, 6.45) is 3.23. The number of aryl methyl sites for hydroxylation is 1. The summed E-state index contributed by atoms with van der Waals surface area (Å²) in [7, 11) is 0. The molecule has 2 nitrogen and oxygen atoms in total. The van der Waals surface area contributed by atoms with Gasteiger partial charge < -0.3 is 0 Å². The van der Waals surface area contributed by atoms with Gasteiger partial charge in [0.1, 0.15) is 5.78 Å². The molecule has 1 aliphatic rings. The molecule has 0 aliphatic heterocycles. The predicted molar refractivity (Wildman–Crippen MR) is 69.7 cm³/mol. The Morgan fingerprint density at radius 2 is 2.29 bits per heavy atom. The zero-order chi connectivity index (χ0) is 12.4. The number of carbonyl (C=O) groups excluding carboxylic acids is 1. The molecule has 1 aromatic rings. The fourth-order valence-electron chi connectivity index (χ4n) is 2.47. The molecule has 17 heavy (non-hydrogen) atoms. The van der Waals surface area contributed by atoms with Gasteiger partial charge in [0.2, 0.25) is 0 Å². The van der Waals surface area contributed by atoms with Gasteiger partial charge in [-0.05, 0) is 43.4 Å². The lowest BCUT2D eigenvalue weighted by Gasteiger charge is -2.11. The second-order valence-electron chi connectivity index (χ2n) is 4.81. The standard InChI is InChI=1S/C15H19NO/c1-4-15(17)12-7-5-10(2)13-8-6-11(3)16-14(13)9-12/h6,8,12H,2,4-5,7,9H2,1,3H3. The first-order valence-corrected chi connectivity index (χ1v) is 6.29. The third-order valence-electron chi connectivity index (χ3n) is 3.53. The lowest BCUT2D eigenvalue weighted by molar-refractivity contribution is -0.122. The predicted octanol–water partition coefficient (Wildman–Crippen LogP) is 3.33. The molecule has 0 fully saturated rings. The van der Waals surface area contributed by atoms with Crippen LogP contribution in [0, 0.1) is 12.8 Å². The van der Waals surface area contributed by atoms with Gasteiger partial charge in [-0.3, -0.25) is 9.78 Å². The minimum Gasteiger partial charge on any atom is -0.299 e. The molecule has 0 amide bonds. The summed E-state index contributed by atoms with van der Waals surface area (Å²) in [6.45, 7) is 8.04. The molecule has 0 N–H and O–H groups in total. The molecule has 1 atom stereocenters. The molecule has 90 valence electrons. The topological polar surface area (TPSA) is 30.0 Å². The maximum atomic E-state index is 11.9. The first-order chi connectivity index (χ1) is 8.11. The summed E-state index contributed by atoms with van der Waals surface area (Å²) in [5.41, 5.74) is 4.35. The molecular formula is C15H19NO. The van der Waals surface area contributed by atoms with E-state index in [0.29, 0.717) is 12.2 Å². The fraction of sp³-hybridized carbons (Fsp3) is 0.467. The van der Waals surface area contributed by atoms with Crippen molar-refractivity contribution in [1.82, 2.24) is 4.98 Å². The lowest BCUT2D eigenvalue weighted by atomic mass is 9.93. The van der Waals surface area contributed by atoms with Crippen LogP contribution in [0.15, 0.2) is 18.7 Å². The number of rotatable bonds is 2. The van der Waals surface area contributed by atoms with E-state index in [9.17, 15) is 4.79 Å². The molecule has 0 saturated carbocycles. The largest absolute Gasteiger partial charge is 0.299 e. The van der Waals surface area contributed by atoms with Crippen molar-refractivity contribution in [3.05, 3.63) is 35.7 Å². The van der Waals surface area contributed by atoms with Crippen LogP contribution in [0.5, 0.6) is 0 Å². The summed E-state index contributed by atoms with van der Waals surface area (Å²) in [5, 5.41) is 0. The van der Waals surface area contributed by atoms with Crippen molar-refractivity contribution in [3.63, 3.8) is 0 Å². The van der Waals surface area contributed by atoms with Crippen LogP contribution in [0.25, 0.3) is 5.57 Å². The molecule has 0 bridgehead atoms. The monoisotopic (exact) mass is 229 g/mol. The number of allylic oxidation sites excluding steroid dienone is 1. The summed E-state index contributed by atoms with van der Waals surface area (Å²) < 4.78 is 0. The number of hydrogen-bond acceptors (Lipinski definition) is 2. The average molecular weight is 229 g/mol. The van der Waals surface area contributed by atoms with Crippen LogP contribution in [-0.4, -0.2) is 10.8 Å². The third-order valence-corrected chi connectivity index (χ3v) is 3.53. The summed E-state index contributed by atoms with van der Waals surface area (Å²) in [5.74, 6) is 0.487. The van der Waals surface area contributed by atoms with Crippen LogP contribution in [0.3, 0.4) is 0 Å². The van der Waals surface area contributed by atoms with E-state index < -0.39 is 0 Å². The average Bonchev–Trinajstić information content (AvgIpc) is 2.48. The number of carbonyl (C=O) groups is 1. The maximum Gasteiger partial charge on any atom is 0.136 e. The van der Waals surface area contributed by atoms with Crippen molar-refractivity contribution < 1.29 is 4.79 Å². The lowest BCUT2D eigenvalue weighted by Crippen LogP contribution is -2.16. The SMILES string of the molecule is C=C1CCC(C(=O)CC)Cc2nc(C)ccc21. The number of pyridine rings is 1. The summed E-state index contributed by atoms with van der Waals surface area (Å²) >= 11 is 0. The van der Waals surface area contributed by atoms with Crippen LogP contribution in [0.4, 0.5) is 0 Å². The Morgan fingerprint density at radius 1 is 1.53 bits per heavy atom. The quantitative estimate of drug-likeness (QED) is 0.728. The molecule has 1 aromatic heterocycles. The third kappa shape index (κ3) is 2.46. The number of aromatic nitrogens is 1. The minimum atomic E-state index is 0.132. The van der Waals surface area contributed by atoms with Gasteiger partial charge in [0.05, 0.1) is 0 Å². The van der Waals surface area contributed by atoms with Gasteiger partial charge in [-0.15, -0.1) is 0 Å². The summed E-state index contributed by atoms with van der Waals surface area (Å²) in [4.78, 5) is 16.4. The van der Waals surface area contributed by atoms with Crippen LogP contribution < -0.4 is 0 Å². The Balaban J connectivity index is 2.36. The number of fused-ring (bicyclic) bond motifs is 1. The zero-order valence-corrected chi connectivity index (χ0v) is 10.6. The summed E-state index contributed by atoms with van der Waals surface area (Å²) in [6, 6.07) is 4.12. The van der Waals surface area contributed by atoms with Crippen molar-refractivity contribution in [2.45, 2.75) is 39.5 Å². The Morgan fingerprint density at radius 3 is 3.00 bits per heavy atom. The Bertz CT molecular complexity index is 462. The van der Waals surface area contributed by atoms with Gasteiger partial charge in [-0.1, -0.05) is 19.6 Å². The molecular weight excluding hydrogens is 210 g/mol. The molecule has 0 spiro atoms. The number of hydrogen-bond donors (Lipinski definition) is 0. The van der Waals surface area contributed by atoms with Gasteiger partial charge in [-0.2, -0.15) is 0 Å². The second-order valence-corrected chi connectivity index (χ2v) is 4.81. The van der Waals surface area contributed by atoms with E-state index >= 15 is 0 Å².